The highest BCUT2D eigenvalue weighted by Gasteiger charge is 2.31. The summed E-state index contributed by atoms with van der Waals surface area (Å²) < 4.78 is 55.2. The van der Waals surface area contributed by atoms with Crippen LogP contribution >= 0.6 is 11.8 Å². The summed E-state index contributed by atoms with van der Waals surface area (Å²) in [6.07, 6.45) is -4.99. The van der Waals surface area contributed by atoms with Crippen molar-refractivity contribution in [3.63, 3.8) is 0 Å². The van der Waals surface area contributed by atoms with E-state index in [1.165, 1.54) is 24.3 Å². The summed E-state index contributed by atoms with van der Waals surface area (Å²) in [5.41, 5.74) is 2.34. The van der Waals surface area contributed by atoms with Crippen LogP contribution in [0.15, 0.2) is 52.4 Å². The lowest BCUT2D eigenvalue weighted by molar-refractivity contribution is -0.274. The first-order chi connectivity index (χ1) is 14.2. The molecule has 0 bridgehead atoms. The quantitative estimate of drug-likeness (QED) is 0.357. The Hall–Kier alpha value is -3.08. The molecule has 0 atom stereocenters. The Morgan fingerprint density at radius 2 is 1.90 bits per heavy atom. The third-order valence-corrected chi connectivity index (χ3v) is 4.65. The molecule has 1 N–H and O–H groups in total. The first-order valence-electron chi connectivity index (χ1n) is 8.66. The number of aromatic nitrogens is 2. The molecule has 0 unspecified atom stereocenters. The lowest BCUT2D eigenvalue weighted by Gasteiger charge is -2.14. The van der Waals surface area contributed by atoms with E-state index >= 15 is 0 Å². The van der Waals surface area contributed by atoms with Crippen molar-refractivity contribution in [2.45, 2.75) is 24.9 Å². The van der Waals surface area contributed by atoms with Crippen LogP contribution in [0.25, 0.3) is 10.9 Å². The van der Waals surface area contributed by atoms with Gasteiger partial charge in [-0.3, -0.25) is 15.0 Å². The number of fused-ring (bicyclic) bond motifs is 1. The molecule has 1 aromatic heterocycles. The number of hydrogen-bond donors (Lipinski definition) is 1. The van der Waals surface area contributed by atoms with Gasteiger partial charge in [0, 0.05) is 6.07 Å². The standard InChI is InChI=1S/C19H15F4N3O3S/c1-2-30-18-24-15-10-13(29-19(21,22)23)7-8-14(15)17(28)26(18)25-16(27)9-11-3-5-12(20)6-4-11/h3-8,10H,2,9H2,1H3,(H,25,27). The molecule has 0 aliphatic rings. The Kier molecular flexibility index (Phi) is 6.30. The fourth-order valence-electron chi connectivity index (χ4n) is 2.62. The molecule has 0 saturated heterocycles. The van der Waals surface area contributed by atoms with E-state index in [0.717, 1.165) is 34.6 Å². The van der Waals surface area contributed by atoms with E-state index in [1.54, 1.807) is 6.92 Å². The zero-order valence-corrected chi connectivity index (χ0v) is 16.3. The van der Waals surface area contributed by atoms with Crippen molar-refractivity contribution in [2.24, 2.45) is 0 Å². The zero-order chi connectivity index (χ0) is 21.9. The van der Waals surface area contributed by atoms with Crippen LogP contribution in [0.1, 0.15) is 12.5 Å². The van der Waals surface area contributed by atoms with Gasteiger partial charge in [-0.2, -0.15) is 4.68 Å². The first kappa shape index (κ1) is 21.6. The summed E-state index contributed by atoms with van der Waals surface area (Å²) in [6, 6.07) is 8.47. The average Bonchev–Trinajstić information content (AvgIpc) is 2.65. The topological polar surface area (TPSA) is 73.2 Å². The number of carbonyl (C=O) groups is 1. The van der Waals surface area contributed by atoms with Crippen molar-refractivity contribution in [1.29, 1.82) is 0 Å². The molecule has 3 rings (SSSR count). The SMILES string of the molecule is CCSc1nc2cc(OC(F)(F)F)ccc2c(=O)n1NC(=O)Cc1ccc(F)cc1. The molecule has 11 heteroatoms. The number of ether oxygens (including phenoxy) is 1. The van der Waals surface area contributed by atoms with Gasteiger partial charge in [-0.25, -0.2) is 9.37 Å². The number of rotatable bonds is 6. The number of nitrogens with one attached hydrogen (secondary N) is 1. The molecule has 6 nitrogen and oxygen atoms in total. The number of nitrogens with zero attached hydrogens (tertiary/aromatic N) is 2. The Balaban J connectivity index is 1.94. The van der Waals surface area contributed by atoms with Gasteiger partial charge in [-0.15, -0.1) is 13.2 Å². The van der Waals surface area contributed by atoms with Gasteiger partial charge >= 0.3 is 6.36 Å². The molecular weight excluding hydrogens is 426 g/mol. The molecule has 0 saturated carbocycles. The summed E-state index contributed by atoms with van der Waals surface area (Å²) in [6.45, 7) is 1.79. The molecule has 0 fully saturated rings. The van der Waals surface area contributed by atoms with Crippen LogP contribution in [0.2, 0.25) is 0 Å². The van der Waals surface area contributed by atoms with E-state index in [4.69, 9.17) is 0 Å². The lowest BCUT2D eigenvalue weighted by Crippen LogP contribution is -2.35. The summed E-state index contributed by atoms with van der Waals surface area (Å²) in [7, 11) is 0. The van der Waals surface area contributed by atoms with Crippen LogP contribution in [-0.4, -0.2) is 27.7 Å². The average molecular weight is 441 g/mol. The van der Waals surface area contributed by atoms with Gasteiger partial charge in [0.25, 0.3) is 5.56 Å². The number of amides is 1. The number of hydrogen-bond acceptors (Lipinski definition) is 5. The fourth-order valence-corrected chi connectivity index (χ4v) is 3.30. The predicted molar refractivity (Wildman–Crippen MR) is 104 cm³/mol. The Labute approximate surface area is 171 Å². The maximum atomic E-state index is 13.0. The molecule has 0 aliphatic carbocycles. The first-order valence-corrected chi connectivity index (χ1v) is 9.64. The minimum atomic E-state index is -4.88. The number of thioether (sulfide) groups is 1. The number of carbonyl (C=O) groups excluding carboxylic acids is 1. The largest absolute Gasteiger partial charge is 0.573 e. The van der Waals surface area contributed by atoms with Crippen LogP contribution in [-0.2, 0) is 11.2 Å². The Bertz CT molecular complexity index is 1130. The van der Waals surface area contributed by atoms with Crippen LogP contribution in [0.3, 0.4) is 0 Å². The van der Waals surface area contributed by atoms with E-state index in [9.17, 15) is 27.2 Å². The normalized spacial score (nSPS) is 11.5. The van der Waals surface area contributed by atoms with Crippen LogP contribution in [0.4, 0.5) is 17.6 Å². The highest BCUT2D eigenvalue weighted by Crippen LogP contribution is 2.26. The summed E-state index contributed by atoms with van der Waals surface area (Å²) >= 11 is 1.12. The highest BCUT2D eigenvalue weighted by molar-refractivity contribution is 7.99. The van der Waals surface area contributed by atoms with E-state index in [1.807, 2.05) is 0 Å². The van der Waals surface area contributed by atoms with Crippen molar-refractivity contribution >= 4 is 28.6 Å². The monoisotopic (exact) mass is 441 g/mol. The fraction of sp³-hybridized carbons (Fsp3) is 0.211. The minimum absolute atomic E-state index is 0.00161. The van der Waals surface area contributed by atoms with Crippen molar-refractivity contribution < 1.29 is 27.1 Å². The van der Waals surface area contributed by atoms with Gasteiger partial charge < -0.3 is 4.74 Å². The van der Waals surface area contributed by atoms with Gasteiger partial charge in [0.2, 0.25) is 5.91 Å². The zero-order valence-electron chi connectivity index (χ0n) is 15.5. The van der Waals surface area contributed by atoms with E-state index < -0.39 is 29.4 Å². The molecule has 3 aromatic rings. The molecule has 30 heavy (non-hydrogen) atoms. The Morgan fingerprint density at radius 3 is 2.53 bits per heavy atom. The molecule has 0 aliphatic heterocycles. The van der Waals surface area contributed by atoms with Gasteiger partial charge in [0.15, 0.2) is 5.16 Å². The van der Waals surface area contributed by atoms with Gasteiger partial charge in [-0.1, -0.05) is 30.8 Å². The second-order valence-corrected chi connectivity index (χ2v) is 7.26. The predicted octanol–water partition coefficient (Wildman–Crippen LogP) is 3.86. The summed E-state index contributed by atoms with van der Waals surface area (Å²) in [5, 5.41) is 0.110. The molecule has 1 amide bonds. The second kappa shape index (κ2) is 8.74. The maximum Gasteiger partial charge on any atom is 0.573 e. The summed E-state index contributed by atoms with van der Waals surface area (Å²) in [4.78, 5) is 29.4. The van der Waals surface area contributed by atoms with Crippen LogP contribution in [0.5, 0.6) is 5.75 Å². The van der Waals surface area contributed by atoms with Crippen LogP contribution < -0.4 is 15.7 Å². The molecule has 1 heterocycles. The van der Waals surface area contributed by atoms with E-state index in [0.29, 0.717) is 11.3 Å². The second-order valence-electron chi connectivity index (χ2n) is 6.03. The molecule has 2 aromatic carbocycles. The Morgan fingerprint density at radius 1 is 1.20 bits per heavy atom. The minimum Gasteiger partial charge on any atom is -0.406 e. The van der Waals surface area contributed by atoms with Crippen molar-refractivity contribution in [3.8, 4) is 5.75 Å². The smallest absolute Gasteiger partial charge is 0.406 e. The van der Waals surface area contributed by atoms with E-state index in [2.05, 4.69) is 15.1 Å². The number of benzene rings is 2. The number of alkyl halides is 3. The van der Waals surface area contributed by atoms with Gasteiger partial charge in [0.1, 0.15) is 11.6 Å². The third kappa shape index (κ3) is 5.29. The third-order valence-electron chi connectivity index (χ3n) is 3.83. The molecule has 0 radical (unpaired) electrons. The molecular formula is C19H15F4N3O3S. The van der Waals surface area contributed by atoms with Crippen molar-refractivity contribution in [3.05, 3.63) is 64.2 Å². The summed E-state index contributed by atoms with van der Waals surface area (Å²) in [5.74, 6) is -0.998. The highest BCUT2D eigenvalue weighted by atomic mass is 32.2. The van der Waals surface area contributed by atoms with Crippen molar-refractivity contribution in [1.82, 2.24) is 9.66 Å². The van der Waals surface area contributed by atoms with E-state index in [-0.39, 0.29) is 22.5 Å². The number of halogens is 4. The van der Waals surface area contributed by atoms with Gasteiger partial charge in [0.05, 0.1) is 17.3 Å². The van der Waals surface area contributed by atoms with Gasteiger partial charge in [-0.05, 0) is 35.6 Å². The maximum absolute atomic E-state index is 13.0. The van der Waals surface area contributed by atoms with Crippen LogP contribution in [0, 0.1) is 5.82 Å². The molecule has 0 spiro atoms. The molecule has 158 valence electrons. The van der Waals surface area contributed by atoms with Crippen molar-refractivity contribution in [2.75, 3.05) is 11.2 Å². The lowest BCUT2D eigenvalue weighted by atomic mass is 10.1.